The molecule has 1 aliphatic rings. The van der Waals surface area contributed by atoms with Crippen molar-refractivity contribution in [1.29, 1.82) is 0 Å². The van der Waals surface area contributed by atoms with E-state index in [2.05, 4.69) is 6.92 Å². The molecule has 0 N–H and O–H groups in total. The number of hydrogen-bond donors (Lipinski definition) is 0. The fourth-order valence-corrected chi connectivity index (χ4v) is 3.44. The van der Waals surface area contributed by atoms with Gasteiger partial charge in [-0.15, -0.1) is 0 Å². The first-order valence-corrected chi connectivity index (χ1v) is 8.91. The van der Waals surface area contributed by atoms with Crippen LogP contribution in [0.15, 0.2) is 48.5 Å². The lowest BCUT2D eigenvalue weighted by molar-refractivity contribution is -0.124. The van der Waals surface area contributed by atoms with Crippen molar-refractivity contribution in [1.82, 2.24) is 4.90 Å². The summed E-state index contributed by atoms with van der Waals surface area (Å²) in [6.07, 6.45) is 0.859. The monoisotopic (exact) mass is 352 g/mol. The summed E-state index contributed by atoms with van der Waals surface area (Å²) in [6.45, 7) is 4.84. The van der Waals surface area contributed by atoms with Gasteiger partial charge >= 0.3 is 0 Å². The van der Waals surface area contributed by atoms with Crippen LogP contribution in [0.1, 0.15) is 29.8 Å². The van der Waals surface area contributed by atoms with Gasteiger partial charge in [0.25, 0.3) is 5.91 Å². The molecule has 1 atom stereocenters. The second-order valence-electron chi connectivity index (χ2n) is 6.35. The van der Waals surface area contributed by atoms with Crippen molar-refractivity contribution >= 4 is 17.5 Å². The number of methoxy groups -OCH3 is 1. The largest absolute Gasteiger partial charge is 0.496 e. The maximum absolute atomic E-state index is 13.0. The predicted octanol–water partition coefficient (Wildman–Crippen LogP) is 3.14. The molecule has 1 heterocycles. The van der Waals surface area contributed by atoms with E-state index in [1.54, 1.807) is 42.0 Å². The standard InChI is InChI=1S/C21H24N2O3/c1-4-16-9-5-7-11-18(16)23-14-13-22(15(2)20(23)24)21(25)17-10-6-8-12-19(17)26-3/h5-12,15H,4,13-14H2,1-3H3/t15-/m1/s1. The highest BCUT2D eigenvalue weighted by molar-refractivity contribution is 6.04. The Labute approximate surface area is 154 Å². The smallest absolute Gasteiger partial charge is 0.258 e. The predicted molar refractivity (Wildman–Crippen MR) is 102 cm³/mol. The van der Waals surface area contributed by atoms with Gasteiger partial charge in [-0.1, -0.05) is 37.3 Å². The summed E-state index contributed by atoms with van der Waals surface area (Å²) in [5.74, 6) is 0.294. The second kappa shape index (κ2) is 7.60. The lowest BCUT2D eigenvalue weighted by Crippen LogP contribution is -2.58. The second-order valence-corrected chi connectivity index (χ2v) is 6.35. The Kier molecular flexibility index (Phi) is 5.26. The van der Waals surface area contributed by atoms with Crippen LogP contribution in [0.4, 0.5) is 5.69 Å². The van der Waals surface area contributed by atoms with E-state index in [-0.39, 0.29) is 11.8 Å². The zero-order valence-electron chi connectivity index (χ0n) is 15.4. The number of para-hydroxylation sites is 2. The molecule has 1 aliphatic heterocycles. The number of carbonyl (C=O) groups is 2. The van der Waals surface area contributed by atoms with Gasteiger partial charge in [-0.2, -0.15) is 0 Å². The van der Waals surface area contributed by atoms with Crippen LogP contribution in [0.5, 0.6) is 5.75 Å². The number of piperazine rings is 1. The van der Waals surface area contributed by atoms with Crippen LogP contribution in [0.2, 0.25) is 0 Å². The third-order valence-electron chi connectivity index (χ3n) is 4.92. The average Bonchev–Trinajstić information content (AvgIpc) is 2.69. The van der Waals surface area contributed by atoms with Gasteiger partial charge in [0.2, 0.25) is 5.91 Å². The van der Waals surface area contributed by atoms with Gasteiger partial charge in [-0.25, -0.2) is 0 Å². The molecule has 0 aliphatic carbocycles. The van der Waals surface area contributed by atoms with Crippen LogP contribution in [0.3, 0.4) is 0 Å². The number of rotatable bonds is 4. The topological polar surface area (TPSA) is 49.9 Å². The normalized spacial score (nSPS) is 17.3. The van der Waals surface area contributed by atoms with Gasteiger partial charge in [0.15, 0.2) is 0 Å². The first-order chi connectivity index (χ1) is 12.6. The van der Waals surface area contributed by atoms with E-state index in [1.165, 1.54) is 0 Å². The summed E-state index contributed by atoms with van der Waals surface area (Å²) in [6, 6.07) is 14.5. The number of hydrogen-bond acceptors (Lipinski definition) is 3. The number of carbonyl (C=O) groups excluding carboxylic acids is 2. The molecule has 0 unspecified atom stereocenters. The molecule has 136 valence electrons. The van der Waals surface area contributed by atoms with E-state index < -0.39 is 6.04 Å². The molecule has 1 fully saturated rings. The Morgan fingerprint density at radius 1 is 1.12 bits per heavy atom. The third-order valence-corrected chi connectivity index (χ3v) is 4.92. The molecule has 2 aromatic rings. The van der Waals surface area contributed by atoms with Crippen molar-refractivity contribution < 1.29 is 14.3 Å². The Morgan fingerprint density at radius 2 is 1.81 bits per heavy atom. The molecule has 1 saturated heterocycles. The molecule has 2 amide bonds. The number of nitrogens with zero attached hydrogens (tertiary/aromatic N) is 2. The van der Waals surface area contributed by atoms with Crippen LogP contribution < -0.4 is 9.64 Å². The highest BCUT2D eigenvalue weighted by Gasteiger charge is 2.36. The minimum Gasteiger partial charge on any atom is -0.496 e. The SMILES string of the molecule is CCc1ccccc1N1CCN(C(=O)c2ccccc2OC)[C@H](C)C1=O. The van der Waals surface area contributed by atoms with E-state index in [0.29, 0.717) is 24.4 Å². The average molecular weight is 352 g/mol. The summed E-state index contributed by atoms with van der Waals surface area (Å²) < 4.78 is 5.30. The Bertz CT molecular complexity index is 818. The molecule has 0 radical (unpaired) electrons. The van der Waals surface area contributed by atoms with Crippen molar-refractivity contribution in [3.05, 3.63) is 59.7 Å². The molecule has 5 nitrogen and oxygen atoms in total. The molecular weight excluding hydrogens is 328 g/mol. The van der Waals surface area contributed by atoms with Crippen molar-refractivity contribution in [3.8, 4) is 5.75 Å². The van der Waals surface area contributed by atoms with Gasteiger partial charge in [-0.05, 0) is 37.1 Å². The first-order valence-electron chi connectivity index (χ1n) is 8.91. The van der Waals surface area contributed by atoms with E-state index in [4.69, 9.17) is 4.74 Å². The first kappa shape index (κ1) is 18.0. The van der Waals surface area contributed by atoms with Crippen LogP contribution >= 0.6 is 0 Å². The maximum atomic E-state index is 13.0. The van der Waals surface area contributed by atoms with E-state index >= 15 is 0 Å². The summed E-state index contributed by atoms with van der Waals surface area (Å²) in [7, 11) is 1.54. The van der Waals surface area contributed by atoms with Crippen molar-refractivity contribution in [2.75, 3.05) is 25.1 Å². The van der Waals surface area contributed by atoms with Crippen LogP contribution in [-0.4, -0.2) is 43.0 Å². The minimum absolute atomic E-state index is 0.0552. The fraction of sp³-hybridized carbons (Fsp3) is 0.333. The van der Waals surface area contributed by atoms with Gasteiger partial charge < -0.3 is 14.5 Å². The minimum atomic E-state index is -0.522. The summed E-state index contributed by atoms with van der Waals surface area (Å²) in [5.41, 5.74) is 2.56. The van der Waals surface area contributed by atoms with Crippen molar-refractivity contribution in [3.63, 3.8) is 0 Å². The molecule has 0 saturated carbocycles. The molecule has 0 aromatic heterocycles. The Morgan fingerprint density at radius 3 is 2.54 bits per heavy atom. The van der Waals surface area contributed by atoms with Gasteiger partial charge in [0, 0.05) is 18.8 Å². The zero-order valence-corrected chi connectivity index (χ0v) is 15.4. The molecule has 3 rings (SSSR count). The summed E-state index contributed by atoms with van der Waals surface area (Å²) >= 11 is 0. The van der Waals surface area contributed by atoms with Crippen LogP contribution in [0, 0.1) is 0 Å². The number of benzene rings is 2. The molecule has 5 heteroatoms. The van der Waals surface area contributed by atoms with E-state index in [0.717, 1.165) is 17.7 Å². The lowest BCUT2D eigenvalue weighted by atomic mass is 10.0. The number of anilines is 1. The molecular formula is C21H24N2O3. The van der Waals surface area contributed by atoms with Crippen molar-refractivity contribution in [2.24, 2.45) is 0 Å². The number of aryl methyl sites for hydroxylation is 1. The third kappa shape index (κ3) is 3.17. The van der Waals surface area contributed by atoms with Gasteiger partial charge in [0.1, 0.15) is 11.8 Å². The van der Waals surface area contributed by atoms with Crippen molar-refractivity contribution in [2.45, 2.75) is 26.3 Å². The highest BCUT2D eigenvalue weighted by atomic mass is 16.5. The number of ether oxygens (including phenoxy) is 1. The molecule has 0 spiro atoms. The molecule has 0 bridgehead atoms. The molecule has 26 heavy (non-hydrogen) atoms. The summed E-state index contributed by atoms with van der Waals surface area (Å²) in [5, 5.41) is 0. The quantitative estimate of drug-likeness (QED) is 0.849. The maximum Gasteiger partial charge on any atom is 0.258 e. The van der Waals surface area contributed by atoms with E-state index in [1.807, 2.05) is 30.3 Å². The van der Waals surface area contributed by atoms with Gasteiger partial charge in [-0.3, -0.25) is 9.59 Å². The highest BCUT2D eigenvalue weighted by Crippen LogP contribution is 2.27. The molecule has 2 aromatic carbocycles. The summed E-state index contributed by atoms with van der Waals surface area (Å²) in [4.78, 5) is 29.4. The van der Waals surface area contributed by atoms with E-state index in [9.17, 15) is 9.59 Å². The number of amides is 2. The fourth-order valence-electron chi connectivity index (χ4n) is 3.44. The van der Waals surface area contributed by atoms with Gasteiger partial charge in [0.05, 0.1) is 12.7 Å². The Hall–Kier alpha value is -2.82. The van der Waals surface area contributed by atoms with Crippen LogP contribution in [-0.2, 0) is 11.2 Å². The lowest BCUT2D eigenvalue weighted by Gasteiger charge is -2.39. The Balaban J connectivity index is 1.85. The van der Waals surface area contributed by atoms with Crippen LogP contribution in [0.25, 0.3) is 0 Å². The zero-order chi connectivity index (χ0) is 18.7.